The summed E-state index contributed by atoms with van der Waals surface area (Å²) in [6, 6.07) is 7.23. The molecule has 0 unspecified atom stereocenters. The molecule has 0 radical (unpaired) electrons. The van der Waals surface area contributed by atoms with Crippen molar-refractivity contribution in [3.05, 3.63) is 29.6 Å². The van der Waals surface area contributed by atoms with Crippen molar-refractivity contribution in [3.8, 4) is 0 Å². The van der Waals surface area contributed by atoms with E-state index < -0.39 is 0 Å². The predicted molar refractivity (Wildman–Crippen MR) is 66.0 cm³/mol. The first-order chi connectivity index (χ1) is 7.74. The molecule has 1 aromatic rings. The third-order valence-electron chi connectivity index (χ3n) is 3.29. The van der Waals surface area contributed by atoms with Crippen molar-refractivity contribution in [2.75, 3.05) is 0 Å². The van der Waals surface area contributed by atoms with Gasteiger partial charge in [0.15, 0.2) is 0 Å². The van der Waals surface area contributed by atoms with Gasteiger partial charge < -0.3 is 11.1 Å². The molecule has 88 valence electrons. The first-order valence-electron chi connectivity index (χ1n) is 6.15. The van der Waals surface area contributed by atoms with E-state index in [0.29, 0.717) is 12.1 Å². The van der Waals surface area contributed by atoms with Gasteiger partial charge in [-0.2, -0.15) is 0 Å². The van der Waals surface area contributed by atoms with Crippen molar-refractivity contribution in [1.29, 1.82) is 0 Å². The summed E-state index contributed by atoms with van der Waals surface area (Å²) in [5.41, 5.74) is 8.11. The summed E-state index contributed by atoms with van der Waals surface area (Å²) in [6.45, 7) is 2.91. The van der Waals surface area contributed by atoms with E-state index in [9.17, 15) is 0 Å². The van der Waals surface area contributed by atoms with Crippen LogP contribution in [-0.2, 0) is 6.54 Å². The Labute approximate surface area is 97.5 Å². The summed E-state index contributed by atoms with van der Waals surface area (Å²) < 4.78 is 0. The first kappa shape index (κ1) is 11.6. The van der Waals surface area contributed by atoms with E-state index in [1.807, 2.05) is 13.0 Å². The van der Waals surface area contributed by atoms with Gasteiger partial charge in [0.05, 0.1) is 5.69 Å². The molecule has 1 saturated carbocycles. The van der Waals surface area contributed by atoms with E-state index in [4.69, 9.17) is 5.73 Å². The van der Waals surface area contributed by atoms with Crippen LogP contribution in [0.4, 0.5) is 0 Å². The highest BCUT2D eigenvalue weighted by molar-refractivity contribution is 5.09. The maximum absolute atomic E-state index is 5.88. The van der Waals surface area contributed by atoms with E-state index in [-0.39, 0.29) is 0 Å². The van der Waals surface area contributed by atoms with Gasteiger partial charge >= 0.3 is 0 Å². The lowest BCUT2D eigenvalue weighted by Crippen LogP contribution is -2.37. The summed E-state index contributed by atoms with van der Waals surface area (Å²) in [7, 11) is 0. The topological polar surface area (TPSA) is 50.9 Å². The Kier molecular flexibility index (Phi) is 3.91. The molecule has 3 N–H and O–H groups in total. The number of nitrogens with two attached hydrogens (primary N) is 1. The summed E-state index contributed by atoms with van der Waals surface area (Å²) in [4.78, 5) is 4.49. The lowest BCUT2D eigenvalue weighted by Gasteiger charge is -2.26. The minimum Gasteiger partial charge on any atom is -0.328 e. The molecule has 0 saturated heterocycles. The normalized spacial score (nSPS) is 25.6. The van der Waals surface area contributed by atoms with Gasteiger partial charge in [-0.3, -0.25) is 4.98 Å². The van der Waals surface area contributed by atoms with Crippen molar-refractivity contribution in [3.63, 3.8) is 0 Å². The first-order valence-corrected chi connectivity index (χ1v) is 6.15. The standard InChI is InChI=1S/C13H21N3/c1-10-3-2-4-13(16-10)9-15-12-7-5-11(14)6-8-12/h2-4,11-12,15H,5-9,14H2,1H3. The predicted octanol–water partition coefficient (Wildman–Crippen LogP) is 1.75. The second kappa shape index (κ2) is 5.41. The van der Waals surface area contributed by atoms with Crippen molar-refractivity contribution >= 4 is 0 Å². The van der Waals surface area contributed by atoms with Crippen molar-refractivity contribution in [1.82, 2.24) is 10.3 Å². The average Bonchev–Trinajstić information content (AvgIpc) is 2.28. The fraction of sp³-hybridized carbons (Fsp3) is 0.615. The van der Waals surface area contributed by atoms with Crippen LogP contribution in [0.25, 0.3) is 0 Å². The van der Waals surface area contributed by atoms with Crippen molar-refractivity contribution in [2.24, 2.45) is 5.73 Å². The Hall–Kier alpha value is -0.930. The minimum absolute atomic E-state index is 0.426. The van der Waals surface area contributed by atoms with Crippen LogP contribution in [-0.4, -0.2) is 17.1 Å². The van der Waals surface area contributed by atoms with E-state index in [1.165, 1.54) is 12.8 Å². The fourth-order valence-electron chi connectivity index (χ4n) is 2.27. The highest BCUT2D eigenvalue weighted by Crippen LogP contribution is 2.17. The smallest absolute Gasteiger partial charge is 0.0544 e. The summed E-state index contributed by atoms with van der Waals surface area (Å²) in [5, 5.41) is 3.57. The lowest BCUT2D eigenvalue weighted by molar-refractivity contribution is 0.341. The van der Waals surface area contributed by atoms with E-state index in [0.717, 1.165) is 30.8 Å². The zero-order valence-electron chi connectivity index (χ0n) is 9.95. The van der Waals surface area contributed by atoms with Crippen LogP contribution in [0.15, 0.2) is 18.2 Å². The Morgan fingerprint density at radius 2 is 2.06 bits per heavy atom. The zero-order valence-corrected chi connectivity index (χ0v) is 9.95. The molecule has 0 atom stereocenters. The molecule has 16 heavy (non-hydrogen) atoms. The SMILES string of the molecule is Cc1cccc(CNC2CCC(N)CC2)n1. The molecular formula is C13H21N3. The molecule has 1 aliphatic carbocycles. The molecular weight excluding hydrogens is 198 g/mol. The molecule has 0 spiro atoms. The van der Waals surface area contributed by atoms with Gasteiger partial charge in [0.2, 0.25) is 0 Å². The number of aryl methyl sites for hydroxylation is 1. The van der Waals surface area contributed by atoms with Crippen LogP contribution in [0.1, 0.15) is 37.1 Å². The molecule has 0 aromatic carbocycles. The molecule has 0 bridgehead atoms. The van der Waals surface area contributed by atoms with Gasteiger partial charge in [-0.1, -0.05) is 6.07 Å². The highest BCUT2D eigenvalue weighted by atomic mass is 14.9. The maximum atomic E-state index is 5.88. The monoisotopic (exact) mass is 219 g/mol. The van der Waals surface area contributed by atoms with Crippen LogP contribution in [0.2, 0.25) is 0 Å². The quantitative estimate of drug-likeness (QED) is 0.814. The van der Waals surface area contributed by atoms with Gasteiger partial charge in [-0.05, 0) is 44.7 Å². The average molecular weight is 219 g/mol. The van der Waals surface area contributed by atoms with E-state index in [2.05, 4.69) is 22.4 Å². The fourth-order valence-corrected chi connectivity index (χ4v) is 2.27. The van der Waals surface area contributed by atoms with Gasteiger partial charge in [-0.15, -0.1) is 0 Å². The molecule has 2 rings (SSSR count). The maximum Gasteiger partial charge on any atom is 0.0544 e. The zero-order chi connectivity index (χ0) is 11.4. The second-order valence-electron chi connectivity index (χ2n) is 4.76. The number of rotatable bonds is 3. The third kappa shape index (κ3) is 3.29. The molecule has 1 heterocycles. The van der Waals surface area contributed by atoms with Crippen LogP contribution >= 0.6 is 0 Å². The number of pyridine rings is 1. The van der Waals surface area contributed by atoms with Crippen LogP contribution < -0.4 is 11.1 Å². The van der Waals surface area contributed by atoms with E-state index in [1.54, 1.807) is 0 Å². The van der Waals surface area contributed by atoms with Crippen molar-refractivity contribution < 1.29 is 0 Å². The van der Waals surface area contributed by atoms with Crippen molar-refractivity contribution in [2.45, 2.75) is 51.2 Å². The molecule has 3 heteroatoms. The Morgan fingerprint density at radius 1 is 1.31 bits per heavy atom. The Balaban J connectivity index is 1.79. The summed E-state index contributed by atoms with van der Waals surface area (Å²) in [5.74, 6) is 0. The summed E-state index contributed by atoms with van der Waals surface area (Å²) >= 11 is 0. The van der Waals surface area contributed by atoms with Gasteiger partial charge in [0.25, 0.3) is 0 Å². The number of hydrogen-bond acceptors (Lipinski definition) is 3. The highest BCUT2D eigenvalue weighted by Gasteiger charge is 2.17. The molecule has 1 aliphatic rings. The van der Waals surface area contributed by atoms with Crippen LogP contribution in [0.5, 0.6) is 0 Å². The molecule has 3 nitrogen and oxygen atoms in total. The molecule has 1 aromatic heterocycles. The van der Waals surface area contributed by atoms with Crippen LogP contribution in [0.3, 0.4) is 0 Å². The van der Waals surface area contributed by atoms with E-state index >= 15 is 0 Å². The summed E-state index contributed by atoms with van der Waals surface area (Å²) in [6.07, 6.45) is 4.71. The number of nitrogens with one attached hydrogen (secondary N) is 1. The number of aromatic nitrogens is 1. The number of hydrogen-bond donors (Lipinski definition) is 2. The van der Waals surface area contributed by atoms with Gasteiger partial charge in [0, 0.05) is 24.3 Å². The third-order valence-corrected chi connectivity index (χ3v) is 3.29. The second-order valence-corrected chi connectivity index (χ2v) is 4.76. The van der Waals surface area contributed by atoms with Gasteiger partial charge in [0.1, 0.15) is 0 Å². The Morgan fingerprint density at radius 3 is 2.75 bits per heavy atom. The molecule has 0 aliphatic heterocycles. The van der Waals surface area contributed by atoms with Crippen LogP contribution in [0, 0.1) is 6.92 Å². The largest absolute Gasteiger partial charge is 0.328 e. The lowest BCUT2D eigenvalue weighted by atomic mass is 9.92. The molecule has 1 fully saturated rings. The number of nitrogens with zero attached hydrogens (tertiary/aromatic N) is 1. The molecule has 0 amide bonds. The Bertz CT molecular complexity index is 330. The minimum atomic E-state index is 0.426. The van der Waals surface area contributed by atoms with Gasteiger partial charge in [-0.25, -0.2) is 0 Å².